The zero-order chi connectivity index (χ0) is 12.5. The van der Waals surface area contributed by atoms with Crippen molar-refractivity contribution in [2.24, 2.45) is 7.05 Å². The van der Waals surface area contributed by atoms with Gasteiger partial charge in [0, 0.05) is 61.3 Å². The molecule has 1 aromatic heterocycles. The smallest absolute Gasteiger partial charge is 0.0492 e. The zero-order valence-corrected chi connectivity index (χ0v) is 12.2. The highest BCUT2D eigenvalue weighted by atomic mass is 79.9. The molecule has 1 aliphatic heterocycles. The van der Waals surface area contributed by atoms with Crippen molar-refractivity contribution in [2.45, 2.75) is 6.54 Å². The maximum Gasteiger partial charge on any atom is 0.0492 e. The van der Waals surface area contributed by atoms with E-state index in [9.17, 15) is 0 Å². The van der Waals surface area contributed by atoms with E-state index >= 15 is 0 Å². The second kappa shape index (κ2) is 5.03. The van der Waals surface area contributed by atoms with Crippen LogP contribution in [0.15, 0.2) is 28.9 Å². The van der Waals surface area contributed by atoms with E-state index in [1.165, 1.54) is 16.5 Å². The van der Waals surface area contributed by atoms with E-state index < -0.39 is 0 Å². The molecule has 0 unspecified atom stereocenters. The topological polar surface area (TPSA) is 20.2 Å². The molecule has 3 nitrogen and oxygen atoms in total. The molecule has 1 fully saturated rings. The minimum atomic E-state index is 1.06. The Hall–Kier alpha value is -0.840. The highest BCUT2D eigenvalue weighted by molar-refractivity contribution is 9.10. The molecule has 0 amide bonds. The maximum absolute atomic E-state index is 3.54. The van der Waals surface area contributed by atoms with Gasteiger partial charge in [0.2, 0.25) is 0 Å². The van der Waals surface area contributed by atoms with Gasteiger partial charge < -0.3 is 9.88 Å². The maximum atomic E-state index is 3.54. The highest BCUT2D eigenvalue weighted by Gasteiger charge is 2.13. The largest absolute Gasteiger partial charge is 0.350 e. The lowest BCUT2D eigenvalue weighted by atomic mass is 10.1. The van der Waals surface area contributed by atoms with Crippen LogP contribution in [0.25, 0.3) is 10.9 Å². The fraction of sp³-hybridized carbons (Fsp3) is 0.429. The first-order chi connectivity index (χ1) is 8.74. The van der Waals surface area contributed by atoms with Crippen molar-refractivity contribution >= 4 is 26.8 Å². The summed E-state index contributed by atoms with van der Waals surface area (Å²) < 4.78 is 3.36. The predicted octanol–water partition coefficient (Wildman–Crippen LogP) is 2.35. The van der Waals surface area contributed by atoms with Crippen LogP contribution in [0.4, 0.5) is 0 Å². The standard InChI is InChI=1S/C14H18BrN3/c1-17-9-11(10-18-6-4-16-5-7-18)13-3-2-12(15)8-14(13)17/h2-3,8-9,16H,4-7,10H2,1H3. The third-order valence-electron chi connectivity index (χ3n) is 3.64. The second-order valence-electron chi connectivity index (χ2n) is 4.95. The summed E-state index contributed by atoms with van der Waals surface area (Å²) in [5.41, 5.74) is 2.73. The molecule has 1 aliphatic rings. The summed E-state index contributed by atoms with van der Waals surface area (Å²) in [4.78, 5) is 2.52. The Labute approximate surface area is 116 Å². The van der Waals surface area contributed by atoms with Gasteiger partial charge in [-0.15, -0.1) is 0 Å². The van der Waals surface area contributed by atoms with Crippen molar-refractivity contribution in [3.63, 3.8) is 0 Å². The molecular formula is C14H18BrN3. The molecule has 18 heavy (non-hydrogen) atoms. The molecular weight excluding hydrogens is 290 g/mol. The van der Waals surface area contributed by atoms with Gasteiger partial charge >= 0.3 is 0 Å². The fourth-order valence-corrected chi connectivity index (χ4v) is 3.03. The molecule has 0 bridgehead atoms. The van der Waals surface area contributed by atoms with Gasteiger partial charge in [-0.2, -0.15) is 0 Å². The average Bonchev–Trinajstić information content (AvgIpc) is 2.67. The number of nitrogens with one attached hydrogen (secondary N) is 1. The zero-order valence-electron chi connectivity index (χ0n) is 10.6. The summed E-state index contributed by atoms with van der Waals surface area (Å²) >= 11 is 3.54. The van der Waals surface area contributed by atoms with Crippen LogP contribution in [0.5, 0.6) is 0 Å². The van der Waals surface area contributed by atoms with Gasteiger partial charge in [-0.1, -0.05) is 22.0 Å². The van der Waals surface area contributed by atoms with Crippen LogP contribution in [0.1, 0.15) is 5.56 Å². The lowest BCUT2D eigenvalue weighted by Gasteiger charge is -2.26. The first-order valence-corrected chi connectivity index (χ1v) is 7.20. The molecule has 0 radical (unpaired) electrons. The number of hydrogen-bond donors (Lipinski definition) is 1. The number of halogens is 1. The number of hydrogen-bond acceptors (Lipinski definition) is 2. The predicted molar refractivity (Wildman–Crippen MR) is 78.8 cm³/mol. The normalized spacial score (nSPS) is 17.4. The van der Waals surface area contributed by atoms with Gasteiger partial charge in [-0.3, -0.25) is 4.90 Å². The van der Waals surface area contributed by atoms with Crippen molar-refractivity contribution in [1.29, 1.82) is 0 Å². The third-order valence-corrected chi connectivity index (χ3v) is 4.13. The summed E-state index contributed by atoms with van der Waals surface area (Å²) in [6, 6.07) is 6.54. The van der Waals surface area contributed by atoms with Gasteiger partial charge in [0.05, 0.1) is 0 Å². The number of fused-ring (bicyclic) bond motifs is 1. The van der Waals surface area contributed by atoms with Crippen LogP contribution < -0.4 is 5.32 Å². The first-order valence-electron chi connectivity index (χ1n) is 6.40. The Balaban J connectivity index is 1.91. The molecule has 1 aromatic carbocycles. The molecule has 0 spiro atoms. The van der Waals surface area contributed by atoms with E-state index in [2.05, 4.69) is 62.2 Å². The highest BCUT2D eigenvalue weighted by Crippen LogP contribution is 2.25. The van der Waals surface area contributed by atoms with E-state index in [0.29, 0.717) is 0 Å². The number of aryl methyl sites for hydroxylation is 1. The van der Waals surface area contributed by atoms with E-state index in [1.54, 1.807) is 0 Å². The molecule has 2 aromatic rings. The molecule has 0 saturated carbocycles. The molecule has 2 heterocycles. The van der Waals surface area contributed by atoms with Crippen molar-refractivity contribution in [2.75, 3.05) is 26.2 Å². The van der Waals surface area contributed by atoms with Gasteiger partial charge in [-0.05, 0) is 17.7 Å². The van der Waals surface area contributed by atoms with Crippen molar-refractivity contribution in [1.82, 2.24) is 14.8 Å². The first kappa shape index (κ1) is 12.2. The van der Waals surface area contributed by atoms with Gasteiger partial charge in [0.25, 0.3) is 0 Å². The summed E-state index contributed by atoms with van der Waals surface area (Å²) in [6.07, 6.45) is 2.26. The minimum Gasteiger partial charge on any atom is -0.350 e. The number of rotatable bonds is 2. The molecule has 1 N–H and O–H groups in total. The van der Waals surface area contributed by atoms with E-state index in [0.717, 1.165) is 37.2 Å². The molecule has 1 saturated heterocycles. The Morgan fingerprint density at radius 1 is 1.28 bits per heavy atom. The Kier molecular flexibility index (Phi) is 3.41. The summed E-state index contributed by atoms with van der Waals surface area (Å²) in [7, 11) is 2.12. The summed E-state index contributed by atoms with van der Waals surface area (Å²) in [5.74, 6) is 0. The number of piperazine rings is 1. The van der Waals surface area contributed by atoms with E-state index in [4.69, 9.17) is 0 Å². The molecule has 3 rings (SSSR count). The van der Waals surface area contributed by atoms with Crippen molar-refractivity contribution < 1.29 is 0 Å². The van der Waals surface area contributed by atoms with Crippen molar-refractivity contribution in [3.05, 3.63) is 34.4 Å². The van der Waals surface area contributed by atoms with E-state index in [-0.39, 0.29) is 0 Å². The minimum absolute atomic E-state index is 1.06. The van der Waals surface area contributed by atoms with Crippen LogP contribution in [0, 0.1) is 0 Å². The molecule has 96 valence electrons. The Bertz CT molecular complexity index is 555. The van der Waals surface area contributed by atoms with Crippen LogP contribution >= 0.6 is 15.9 Å². The Morgan fingerprint density at radius 3 is 2.83 bits per heavy atom. The number of benzene rings is 1. The van der Waals surface area contributed by atoms with Crippen LogP contribution in [-0.4, -0.2) is 35.6 Å². The van der Waals surface area contributed by atoms with Gasteiger partial charge in [0.1, 0.15) is 0 Å². The quantitative estimate of drug-likeness (QED) is 0.919. The summed E-state index contributed by atoms with van der Waals surface area (Å²) in [6.45, 7) is 5.56. The van der Waals surface area contributed by atoms with E-state index in [1.807, 2.05) is 0 Å². The third kappa shape index (κ3) is 2.32. The Morgan fingerprint density at radius 2 is 2.06 bits per heavy atom. The SMILES string of the molecule is Cn1cc(CN2CCNCC2)c2ccc(Br)cc21. The number of nitrogens with zero attached hydrogens (tertiary/aromatic N) is 2. The summed E-state index contributed by atoms with van der Waals surface area (Å²) in [5, 5.41) is 4.77. The second-order valence-corrected chi connectivity index (χ2v) is 5.87. The van der Waals surface area contributed by atoms with Crippen molar-refractivity contribution in [3.8, 4) is 0 Å². The molecule has 0 atom stereocenters. The van der Waals surface area contributed by atoms with Gasteiger partial charge in [-0.25, -0.2) is 0 Å². The lowest BCUT2D eigenvalue weighted by molar-refractivity contribution is 0.234. The molecule has 4 heteroatoms. The number of aromatic nitrogens is 1. The fourth-order valence-electron chi connectivity index (χ4n) is 2.68. The van der Waals surface area contributed by atoms with Gasteiger partial charge in [0.15, 0.2) is 0 Å². The van der Waals surface area contributed by atoms with Crippen LogP contribution in [-0.2, 0) is 13.6 Å². The molecule has 0 aliphatic carbocycles. The average molecular weight is 308 g/mol. The van der Waals surface area contributed by atoms with Crippen LogP contribution in [0.2, 0.25) is 0 Å². The lowest BCUT2D eigenvalue weighted by Crippen LogP contribution is -2.42. The monoisotopic (exact) mass is 307 g/mol. The van der Waals surface area contributed by atoms with Crippen LogP contribution in [0.3, 0.4) is 0 Å².